The van der Waals surface area contributed by atoms with Crippen LogP contribution in [0.2, 0.25) is 0 Å². The summed E-state index contributed by atoms with van der Waals surface area (Å²) in [5.41, 5.74) is 4.26. The fourth-order valence-electron chi connectivity index (χ4n) is 2.30. The van der Waals surface area contributed by atoms with Gasteiger partial charge in [0.25, 0.3) is 0 Å². The standard InChI is InChI=1S/C17H20O2/c1-11(15-5-7-17(19)13(3)10-15)8-14-4-6-16(18)12(2)9-14/h4-7,9-11,18-19H,8H2,1-3H3. The highest BCUT2D eigenvalue weighted by Gasteiger charge is 2.09. The Morgan fingerprint density at radius 2 is 1.47 bits per heavy atom. The molecular weight excluding hydrogens is 236 g/mol. The Morgan fingerprint density at radius 1 is 0.895 bits per heavy atom. The van der Waals surface area contributed by atoms with Crippen LogP contribution < -0.4 is 0 Å². The molecule has 0 amide bonds. The molecule has 2 rings (SSSR count). The van der Waals surface area contributed by atoms with Gasteiger partial charge in [0.15, 0.2) is 0 Å². The molecule has 0 bridgehead atoms. The van der Waals surface area contributed by atoms with E-state index in [4.69, 9.17) is 0 Å². The van der Waals surface area contributed by atoms with Crippen LogP contribution in [-0.4, -0.2) is 10.2 Å². The molecule has 19 heavy (non-hydrogen) atoms. The second kappa shape index (κ2) is 5.35. The van der Waals surface area contributed by atoms with Crippen molar-refractivity contribution in [2.24, 2.45) is 0 Å². The van der Waals surface area contributed by atoms with Crippen molar-refractivity contribution >= 4 is 0 Å². The third-order valence-electron chi connectivity index (χ3n) is 3.59. The number of aryl methyl sites for hydroxylation is 2. The fraction of sp³-hybridized carbons (Fsp3) is 0.294. The largest absolute Gasteiger partial charge is 0.508 e. The first-order valence-corrected chi connectivity index (χ1v) is 6.55. The summed E-state index contributed by atoms with van der Waals surface area (Å²) >= 11 is 0. The molecule has 1 unspecified atom stereocenters. The van der Waals surface area contributed by atoms with Crippen molar-refractivity contribution in [1.82, 2.24) is 0 Å². The van der Waals surface area contributed by atoms with E-state index in [2.05, 4.69) is 6.92 Å². The van der Waals surface area contributed by atoms with E-state index in [9.17, 15) is 10.2 Å². The Hall–Kier alpha value is -1.96. The van der Waals surface area contributed by atoms with Gasteiger partial charge in [0.1, 0.15) is 11.5 Å². The van der Waals surface area contributed by atoms with Crippen LogP contribution in [-0.2, 0) is 6.42 Å². The number of phenolic OH excluding ortho intramolecular Hbond substituents is 2. The van der Waals surface area contributed by atoms with E-state index in [1.54, 1.807) is 12.1 Å². The van der Waals surface area contributed by atoms with Gasteiger partial charge in [-0.1, -0.05) is 31.2 Å². The molecule has 0 fully saturated rings. The third-order valence-corrected chi connectivity index (χ3v) is 3.59. The van der Waals surface area contributed by atoms with Crippen LogP contribution in [0.3, 0.4) is 0 Å². The maximum absolute atomic E-state index is 9.55. The topological polar surface area (TPSA) is 40.5 Å². The number of benzene rings is 2. The van der Waals surface area contributed by atoms with Crippen molar-refractivity contribution in [2.45, 2.75) is 33.1 Å². The quantitative estimate of drug-likeness (QED) is 0.869. The Balaban J connectivity index is 2.17. The molecule has 1 atom stereocenters. The predicted molar refractivity (Wildman–Crippen MR) is 77.8 cm³/mol. The molecule has 2 aromatic carbocycles. The second-order valence-electron chi connectivity index (χ2n) is 5.27. The molecule has 0 aliphatic carbocycles. The number of hydrogen-bond donors (Lipinski definition) is 2. The Labute approximate surface area is 114 Å². The van der Waals surface area contributed by atoms with E-state index in [1.807, 2.05) is 38.1 Å². The fourth-order valence-corrected chi connectivity index (χ4v) is 2.30. The molecule has 2 N–H and O–H groups in total. The summed E-state index contributed by atoms with van der Waals surface area (Å²) in [6.45, 7) is 6.00. The maximum atomic E-state index is 9.55. The van der Waals surface area contributed by atoms with E-state index in [1.165, 1.54) is 11.1 Å². The predicted octanol–water partition coefficient (Wildman–Crippen LogP) is 4.06. The van der Waals surface area contributed by atoms with Gasteiger partial charge in [0, 0.05) is 0 Å². The molecule has 2 aromatic rings. The van der Waals surface area contributed by atoms with Crippen LogP contribution in [0.5, 0.6) is 11.5 Å². The van der Waals surface area contributed by atoms with Crippen molar-refractivity contribution in [1.29, 1.82) is 0 Å². The van der Waals surface area contributed by atoms with E-state index in [0.29, 0.717) is 17.4 Å². The van der Waals surface area contributed by atoms with Gasteiger partial charge in [-0.05, 0) is 60.6 Å². The molecule has 0 aromatic heterocycles. The average Bonchev–Trinajstić information content (AvgIpc) is 2.37. The van der Waals surface area contributed by atoms with Crippen LogP contribution in [0.25, 0.3) is 0 Å². The van der Waals surface area contributed by atoms with Gasteiger partial charge in [-0.2, -0.15) is 0 Å². The first-order valence-electron chi connectivity index (χ1n) is 6.55. The molecule has 0 saturated carbocycles. The van der Waals surface area contributed by atoms with Crippen molar-refractivity contribution in [3.8, 4) is 11.5 Å². The van der Waals surface area contributed by atoms with Gasteiger partial charge in [0.05, 0.1) is 0 Å². The lowest BCUT2D eigenvalue weighted by molar-refractivity contribution is 0.470. The monoisotopic (exact) mass is 256 g/mol. The minimum absolute atomic E-state index is 0.344. The molecule has 0 heterocycles. The summed E-state index contributed by atoms with van der Waals surface area (Å²) in [5, 5.41) is 19.1. The normalized spacial score (nSPS) is 12.4. The van der Waals surface area contributed by atoms with Crippen molar-refractivity contribution in [3.63, 3.8) is 0 Å². The molecular formula is C17H20O2. The lowest BCUT2D eigenvalue weighted by Crippen LogP contribution is -1.99. The molecule has 2 heteroatoms. The number of phenols is 2. The first-order chi connectivity index (χ1) is 8.97. The number of hydrogen-bond acceptors (Lipinski definition) is 2. The zero-order chi connectivity index (χ0) is 14.0. The zero-order valence-corrected chi connectivity index (χ0v) is 11.6. The summed E-state index contributed by atoms with van der Waals surface area (Å²) < 4.78 is 0. The first kappa shape index (κ1) is 13.5. The van der Waals surface area contributed by atoms with Crippen LogP contribution >= 0.6 is 0 Å². The zero-order valence-electron chi connectivity index (χ0n) is 11.6. The highest BCUT2D eigenvalue weighted by atomic mass is 16.3. The Bertz CT molecular complexity index is 588. The molecule has 0 radical (unpaired) electrons. The lowest BCUT2D eigenvalue weighted by Gasteiger charge is -2.14. The van der Waals surface area contributed by atoms with Gasteiger partial charge >= 0.3 is 0 Å². The minimum Gasteiger partial charge on any atom is -0.508 e. The summed E-state index contributed by atoms with van der Waals surface area (Å²) in [6.07, 6.45) is 0.922. The van der Waals surface area contributed by atoms with Crippen LogP contribution in [0.4, 0.5) is 0 Å². The van der Waals surface area contributed by atoms with Crippen LogP contribution in [0.1, 0.15) is 35.1 Å². The van der Waals surface area contributed by atoms with E-state index < -0.39 is 0 Å². The molecule has 0 spiro atoms. The Kier molecular flexibility index (Phi) is 3.79. The van der Waals surface area contributed by atoms with Crippen LogP contribution in [0, 0.1) is 13.8 Å². The number of rotatable bonds is 3. The molecule has 100 valence electrons. The molecule has 0 saturated heterocycles. The highest BCUT2D eigenvalue weighted by molar-refractivity contribution is 5.38. The Morgan fingerprint density at radius 3 is 2.05 bits per heavy atom. The minimum atomic E-state index is 0.344. The van der Waals surface area contributed by atoms with Gasteiger partial charge < -0.3 is 10.2 Å². The van der Waals surface area contributed by atoms with Crippen LogP contribution in [0.15, 0.2) is 36.4 Å². The number of aromatic hydroxyl groups is 2. The average molecular weight is 256 g/mol. The molecule has 0 aliphatic heterocycles. The molecule has 2 nitrogen and oxygen atoms in total. The molecule has 0 aliphatic rings. The van der Waals surface area contributed by atoms with Crippen molar-refractivity contribution < 1.29 is 10.2 Å². The van der Waals surface area contributed by atoms with E-state index in [0.717, 1.165) is 17.5 Å². The van der Waals surface area contributed by atoms with Gasteiger partial charge in [-0.25, -0.2) is 0 Å². The third kappa shape index (κ3) is 3.08. The van der Waals surface area contributed by atoms with Gasteiger partial charge in [0.2, 0.25) is 0 Å². The van der Waals surface area contributed by atoms with E-state index >= 15 is 0 Å². The van der Waals surface area contributed by atoms with Gasteiger partial charge in [-0.15, -0.1) is 0 Å². The smallest absolute Gasteiger partial charge is 0.118 e. The SMILES string of the molecule is Cc1cc(CC(C)c2ccc(O)c(C)c2)ccc1O. The maximum Gasteiger partial charge on any atom is 0.118 e. The second-order valence-corrected chi connectivity index (χ2v) is 5.27. The van der Waals surface area contributed by atoms with Gasteiger partial charge in [-0.3, -0.25) is 0 Å². The van der Waals surface area contributed by atoms with E-state index in [-0.39, 0.29) is 0 Å². The lowest BCUT2D eigenvalue weighted by atomic mass is 9.92. The summed E-state index contributed by atoms with van der Waals surface area (Å²) in [7, 11) is 0. The van der Waals surface area contributed by atoms with Crippen molar-refractivity contribution in [3.05, 3.63) is 58.7 Å². The summed E-state index contributed by atoms with van der Waals surface area (Å²) in [4.78, 5) is 0. The summed E-state index contributed by atoms with van der Waals surface area (Å²) in [5.74, 6) is 1.07. The highest BCUT2D eigenvalue weighted by Crippen LogP contribution is 2.26. The van der Waals surface area contributed by atoms with Crippen molar-refractivity contribution in [2.75, 3.05) is 0 Å². The summed E-state index contributed by atoms with van der Waals surface area (Å²) in [6, 6.07) is 11.5.